The van der Waals surface area contributed by atoms with Crippen LogP contribution in [0.2, 0.25) is 0 Å². The predicted octanol–water partition coefficient (Wildman–Crippen LogP) is 5.97. The number of aliphatic hydroxyl groups is 1. The monoisotopic (exact) mass is 570 g/mol. The maximum absolute atomic E-state index is 13.6. The van der Waals surface area contributed by atoms with Crippen molar-refractivity contribution in [2.75, 3.05) is 19.1 Å². The number of carbonyl (C=O) groups excluding carboxylic acids is 3. The highest BCUT2D eigenvalue weighted by Gasteiger charge is 2.48. The number of nitrogens with zero attached hydrogens (tertiary/aromatic N) is 2. The quantitative estimate of drug-likeness (QED) is 0.125. The molecule has 208 valence electrons. The van der Waals surface area contributed by atoms with Crippen LogP contribution in [0.5, 0.6) is 17.2 Å². The van der Waals surface area contributed by atoms with Crippen molar-refractivity contribution in [3.05, 3.63) is 106 Å². The molecule has 3 aromatic carbocycles. The van der Waals surface area contributed by atoms with Gasteiger partial charge in [-0.05, 0) is 67.4 Å². The summed E-state index contributed by atoms with van der Waals surface area (Å²) in [4.78, 5) is 45.3. The van der Waals surface area contributed by atoms with Gasteiger partial charge in [0.1, 0.15) is 27.9 Å². The molecule has 2 heterocycles. The van der Waals surface area contributed by atoms with Gasteiger partial charge in [0.2, 0.25) is 0 Å². The Hall–Kier alpha value is -4.96. The van der Waals surface area contributed by atoms with E-state index in [-0.39, 0.29) is 21.3 Å². The molecule has 41 heavy (non-hydrogen) atoms. The molecule has 1 N–H and O–H groups in total. The van der Waals surface area contributed by atoms with E-state index in [9.17, 15) is 19.5 Å². The zero-order valence-corrected chi connectivity index (χ0v) is 23.5. The average molecular weight is 571 g/mol. The van der Waals surface area contributed by atoms with Gasteiger partial charge in [0.05, 0.1) is 31.5 Å². The molecular weight excluding hydrogens is 544 g/mol. The largest absolute Gasteiger partial charge is 0.507 e. The smallest absolute Gasteiger partial charge is 0.350 e. The number of Topliss-reactive ketones (excluding diaryl/α,β-unsaturated/α-hetero) is 1. The molecule has 0 radical (unpaired) electrons. The standard InChI is InChI=1S/C31H26N2O7S/c1-17-15-20(13-14-23(17)38-3)26(34)24-25(19-9-8-12-22(16-19)40-21-10-6-5-7-11-21)33(29(36)27(24)35)31-32-18(2)28(41-31)30(37)39-4/h5-16,25,34H,1-4H3. The number of anilines is 1. The molecule has 0 saturated carbocycles. The molecule has 10 heteroatoms. The fraction of sp³-hybridized carbons (Fsp3) is 0.161. The van der Waals surface area contributed by atoms with Crippen LogP contribution in [-0.4, -0.2) is 42.0 Å². The Morgan fingerprint density at radius 3 is 2.37 bits per heavy atom. The summed E-state index contributed by atoms with van der Waals surface area (Å²) < 4.78 is 16.2. The summed E-state index contributed by atoms with van der Waals surface area (Å²) >= 11 is 0.933. The highest BCUT2D eigenvalue weighted by molar-refractivity contribution is 7.17. The van der Waals surface area contributed by atoms with Gasteiger partial charge in [0.25, 0.3) is 5.78 Å². The van der Waals surface area contributed by atoms with Crippen LogP contribution in [0.3, 0.4) is 0 Å². The summed E-state index contributed by atoms with van der Waals surface area (Å²) in [5, 5.41) is 11.6. The minimum absolute atomic E-state index is 0.120. The Balaban J connectivity index is 1.68. The number of hydrogen-bond acceptors (Lipinski definition) is 9. The second kappa shape index (κ2) is 11.3. The van der Waals surface area contributed by atoms with Gasteiger partial charge in [-0.1, -0.05) is 41.7 Å². The van der Waals surface area contributed by atoms with Gasteiger partial charge in [-0.2, -0.15) is 0 Å². The lowest BCUT2D eigenvalue weighted by molar-refractivity contribution is -0.132. The van der Waals surface area contributed by atoms with Gasteiger partial charge in [0, 0.05) is 5.56 Å². The Bertz CT molecular complexity index is 1690. The van der Waals surface area contributed by atoms with Crippen LogP contribution < -0.4 is 14.4 Å². The van der Waals surface area contributed by atoms with Crippen molar-refractivity contribution in [2.24, 2.45) is 0 Å². The molecule has 1 aliphatic heterocycles. The summed E-state index contributed by atoms with van der Waals surface area (Å²) in [6.45, 7) is 3.43. The Kier molecular flexibility index (Phi) is 7.58. The maximum atomic E-state index is 13.6. The first-order chi connectivity index (χ1) is 19.7. The van der Waals surface area contributed by atoms with Crippen molar-refractivity contribution in [3.63, 3.8) is 0 Å². The third-order valence-electron chi connectivity index (χ3n) is 6.63. The molecule has 5 rings (SSSR count). The number of thiazole rings is 1. The van der Waals surface area contributed by atoms with E-state index in [1.807, 2.05) is 25.1 Å². The zero-order chi connectivity index (χ0) is 29.3. The molecule has 0 spiro atoms. The number of aryl methyl sites for hydroxylation is 2. The SMILES string of the molecule is COC(=O)c1sc(N2C(=O)C(=O)C(=C(O)c3ccc(OC)c(C)c3)C2c2cccc(Oc3ccccc3)c2)nc1C. The van der Waals surface area contributed by atoms with Gasteiger partial charge < -0.3 is 19.3 Å². The molecule has 1 aliphatic rings. The van der Waals surface area contributed by atoms with Crippen molar-refractivity contribution in [3.8, 4) is 17.2 Å². The van der Waals surface area contributed by atoms with E-state index in [1.54, 1.807) is 61.5 Å². The number of ketones is 1. The predicted molar refractivity (Wildman–Crippen MR) is 154 cm³/mol. The van der Waals surface area contributed by atoms with Crippen molar-refractivity contribution in [2.45, 2.75) is 19.9 Å². The van der Waals surface area contributed by atoms with Crippen LogP contribution in [0.4, 0.5) is 5.13 Å². The Morgan fingerprint density at radius 2 is 1.68 bits per heavy atom. The number of rotatable bonds is 7. The number of aliphatic hydroxyl groups excluding tert-OH is 1. The molecule has 1 unspecified atom stereocenters. The number of para-hydroxylation sites is 1. The second-order valence-electron chi connectivity index (χ2n) is 9.24. The third kappa shape index (κ3) is 5.17. The molecule has 0 bridgehead atoms. The van der Waals surface area contributed by atoms with E-state index in [0.29, 0.717) is 34.1 Å². The summed E-state index contributed by atoms with van der Waals surface area (Å²) in [6.07, 6.45) is 0. The van der Waals surface area contributed by atoms with Crippen molar-refractivity contribution in [1.82, 2.24) is 4.98 Å². The van der Waals surface area contributed by atoms with Gasteiger partial charge >= 0.3 is 11.9 Å². The number of methoxy groups -OCH3 is 2. The van der Waals surface area contributed by atoms with E-state index in [0.717, 1.165) is 16.9 Å². The summed E-state index contributed by atoms with van der Waals surface area (Å²) in [5.41, 5.74) is 1.80. The number of benzene rings is 3. The van der Waals surface area contributed by atoms with E-state index < -0.39 is 23.7 Å². The number of amides is 1. The first kappa shape index (κ1) is 27.6. The third-order valence-corrected chi connectivity index (χ3v) is 7.76. The van der Waals surface area contributed by atoms with Crippen LogP contribution in [0.15, 0.2) is 78.4 Å². The van der Waals surface area contributed by atoms with E-state index in [2.05, 4.69) is 4.98 Å². The maximum Gasteiger partial charge on any atom is 0.350 e. The highest BCUT2D eigenvalue weighted by Crippen LogP contribution is 2.45. The lowest BCUT2D eigenvalue weighted by Crippen LogP contribution is -2.29. The van der Waals surface area contributed by atoms with Crippen LogP contribution in [0.25, 0.3) is 5.76 Å². The minimum atomic E-state index is -1.06. The molecule has 1 amide bonds. The molecule has 9 nitrogen and oxygen atoms in total. The van der Waals surface area contributed by atoms with E-state index in [4.69, 9.17) is 14.2 Å². The normalized spacial score (nSPS) is 16.1. The zero-order valence-electron chi connectivity index (χ0n) is 22.7. The average Bonchev–Trinajstić information content (AvgIpc) is 3.49. The van der Waals surface area contributed by atoms with Crippen molar-refractivity contribution >= 4 is 39.9 Å². The molecule has 4 aromatic rings. The number of ether oxygens (including phenoxy) is 3. The second-order valence-corrected chi connectivity index (χ2v) is 10.2. The minimum Gasteiger partial charge on any atom is -0.507 e. The van der Waals surface area contributed by atoms with Crippen LogP contribution in [0.1, 0.15) is 38.1 Å². The highest BCUT2D eigenvalue weighted by atomic mass is 32.1. The van der Waals surface area contributed by atoms with E-state index in [1.165, 1.54) is 19.1 Å². The first-order valence-electron chi connectivity index (χ1n) is 12.6. The van der Waals surface area contributed by atoms with Crippen molar-refractivity contribution in [1.29, 1.82) is 0 Å². The topological polar surface area (TPSA) is 115 Å². The Labute approximate surface area is 240 Å². The molecule has 1 fully saturated rings. The molecular formula is C31H26N2O7S. The number of carbonyl (C=O) groups is 3. The van der Waals surface area contributed by atoms with Crippen LogP contribution in [0, 0.1) is 13.8 Å². The molecule has 1 atom stereocenters. The lowest BCUT2D eigenvalue weighted by atomic mass is 9.94. The Morgan fingerprint density at radius 1 is 0.951 bits per heavy atom. The summed E-state index contributed by atoms with van der Waals surface area (Å²) in [5.74, 6) is -1.05. The first-order valence-corrected chi connectivity index (χ1v) is 13.4. The van der Waals surface area contributed by atoms with Crippen LogP contribution in [-0.2, 0) is 14.3 Å². The molecule has 0 aliphatic carbocycles. The number of esters is 1. The van der Waals surface area contributed by atoms with Crippen molar-refractivity contribution < 1.29 is 33.7 Å². The molecule has 1 saturated heterocycles. The summed E-state index contributed by atoms with van der Waals surface area (Å²) in [6, 6.07) is 20.0. The lowest BCUT2D eigenvalue weighted by Gasteiger charge is -2.23. The fourth-order valence-corrected chi connectivity index (χ4v) is 5.68. The van der Waals surface area contributed by atoms with Crippen LogP contribution >= 0.6 is 11.3 Å². The van der Waals surface area contributed by atoms with E-state index >= 15 is 0 Å². The number of aromatic nitrogens is 1. The van der Waals surface area contributed by atoms with Gasteiger partial charge in [-0.25, -0.2) is 9.78 Å². The fourth-order valence-electron chi connectivity index (χ4n) is 4.67. The summed E-state index contributed by atoms with van der Waals surface area (Å²) in [7, 11) is 2.79. The molecule has 1 aromatic heterocycles. The van der Waals surface area contributed by atoms with Gasteiger partial charge in [0.15, 0.2) is 5.13 Å². The number of hydrogen-bond donors (Lipinski definition) is 1. The van der Waals surface area contributed by atoms with Gasteiger partial charge in [-0.15, -0.1) is 0 Å². The van der Waals surface area contributed by atoms with Gasteiger partial charge in [-0.3, -0.25) is 14.5 Å².